The fourth-order valence-electron chi connectivity index (χ4n) is 2.82. The SMILES string of the molecule is CC(C)(C#N)N1CCN(c2nccn(C3CC3)c2=O)CC1. The Bertz CT molecular complexity index is 618. The molecule has 0 aromatic carbocycles. The van der Waals surface area contributed by atoms with Gasteiger partial charge in [-0.25, -0.2) is 4.98 Å². The quantitative estimate of drug-likeness (QED) is 0.830. The molecule has 112 valence electrons. The zero-order chi connectivity index (χ0) is 15.0. The minimum absolute atomic E-state index is 0.0213. The predicted octanol–water partition coefficient (Wildman–Crippen LogP) is 1.00. The van der Waals surface area contributed by atoms with Gasteiger partial charge in [0.25, 0.3) is 5.56 Å². The fourth-order valence-corrected chi connectivity index (χ4v) is 2.82. The van der Waals surface area contributed by atoms with Crippen molar-refractivity contribution in [2.24, 2.45) is 0 Å². The second-order valence-electron chi connectivity index (χ2n) is 6.34. The third-order valence-electron chi connectivity index (χ3n) is 4.43. The van der Waals surface area contributed by atoms with Crippen LogP contribution in [-0.4, -0.2) is 46.2 Å². The van der Waals surface area contributed by atoms with Gasteiger partial charge in [-0.1, -0.05) is 0 Å². The average Bonchev–Trinajstić information content (AvgIpc) is 3.32. The van der Waals surface area contributed by atoms with Crippen LogP contribution in [0, 0.1) is 11.3 Å². The van der Waals surface area contributed by atoms with Crippen LogP contribution in [0.4, 0.5) is 5.82 Å². The Morgan fingerprint density at radius 2 is 1.95 bits per heavy atom. The molecule has 3 rings (SSSR count). The van der Waals surface area contributed by atoms with E-state index in [9.17, 15) is 10.1 Å². The lowest BCUT2D eigenvalue weighted by molar-refractivity contribution is 0.157. The number of hydrogen-bond donors (Lipinski definition) is 0. The van der Waals surface area contributed by atoms with Crippen LogP contribution >= 0.6 is 0 Å². The summed E-state index contributed by atoms with van der Waals surface area (Å²) < 4.78 is 1.81. The lowest BCUT2D eigenvalue weighted by Crippen LogP contribution is -2.55. The third-order valence-corrected chi connectivity index (χ3v) is 4.43. The minimum atomic E-state index is -0.454. The zero-order valence-electron chi connectivity index (χ0n) is 12.6. The molecule has 0 N–H and O–H groups in total. The van der Waals surface area contributed by atoms with Gasteiger partial charge in [0.05, 0.1) is 6.07 Å². The lowest BCUT2D eigenvalue weighted by atomic mass is 10.0. The molecule has 1 aromatic heterocycles. The Kier molecular flexibility index (Phi) is 3.46. The van der Waals surface area contributed by atoms with Crippen molar-refractivity contribution in [3.63, 3.8) is 0 Å². The summed E-state index contributed by atoms with van der Waals surface area (Å²) in [5.41, 5.74) is -0.433. The lowest BCUT2D eigenvalue weighted by Gasteiger charge is -2.40. The number of hydrogen-bond acceptors (Lipinski definition) is 5. The Morgan fingerprint density at radius 3 is 2.52 bits per heavy atom. The van der Waals surface area contributed by atoms with Gasteiger partial charge in [-0.15, -0.1) is 0 Å². The summed E-state index contributed by atoms with van der Waals surface area (Å²) in [6, 6.07) is 2.71. The summed E-state index contributed by atoms with van der Waals surface area (Å²) in [6.07, 6.45) is 5.69. The monoisotopic (exact) mass is 287 g/mol. The van der Waals surface area contributed by atoms with Crippen LogP contribution in [0.1, 0.15) is 32.7 Å². The van der Waals surface area contributed by atoms with Gasteiger partial charge in [-0.3, -0.25) is 9.69 Å². The second kappa shape index (κ2) is 5.15. The summed E-state index contributed by atoms with van der Waals surface area (Å²) in [4.78, 5) is 21.0. The van der Waals surface area contributed by atoms with Crippen molar-refractivity contribution in [1.82, 2.24) is 14.5 Å². The van der Waals surface area contributed by atoms with Gasteiger partial charge in [-0.2, -0.15) is 5.26 Å². The second-order valence-corrected chi connectivity index (χ2v) is 6.34. The molecule has 6 heteroatoms. The summed E-state index contributed by atoms with van der Waals surface area (Å²) in [6.45, 7) is 6.90. The maximum Gasteiger partial charge on any atom is 0.293 e. The fraction of sp³-hybridized carbons (Fsp3) is 0.667. The molecule has 6 nitrogen and oxygen atoms in total. The number of anilines is 1. The topological polar surface area (TPSA) is 65.2 Å². The maximum absolute atomic E-state index is 12.5. The van der Waals surface area contributed by atoms with Crippen LogP contribution in [0.2, 0.25) is 0 Å². The number of piperazine rings is 1. The number of nitriles is 1. The van der Waals surface area contributed by atoms with Gasteiger partial charge in [0.1, 0.15) is 5.54 Å². The maximum atomic E-state index is 12.5. The van der Waals surface area contributed by atoms with Crippen molar-refractivity contribution in [3.8, 4) is 6.07 Å². The molecule has 0 bridgehead atoms. The molecule has 1 aliphatic carbocycles. The molecule has 1 aromatic rings. The van der Waals surface area contributed by atoms with E-state index in [0.717, 1.165) is 39.0 Å². The Balaban J connectivity index is 1.75. The molecular formula is C15H21N5O. The first-order valence-corrected chi connectivity index (χ1v) is 7.51. The number of rotatable bonds is 3. The van der Waals surface area contributed by atoms with E-state index in [0.29, 0.717) is 11.9 Å². The van der Waals surface area contributed by atoms with E-state index in [-0.39, 0.29) is 5.56 Å². The Labute approximate surface area is 124 Å². The van der Waals surface area contributed by atoms with E-state index in [1.165, 1.54) is 0 Å². The van der Waals surface area contributed by atoms with Crippen molar-refractivity contribution >= 4 is 5.82 Å². The van der Waals surface area contributed by atoms with E-state index in [2.05, 4.69) is 16.0 Å². The van der Waals surface area contributed by atoms with E-state index >= 15 is 0 Å². The van der Waals surface area contributed by atoms with Gasteiger partial charge in [0, 0.05) is 44.6 Å². The van der Waals surface area contributed by atoms with Crippen molar-refractivity contribution in [2.75, 3.05) is 31.1 Å². The molecule has 1 aliphatic heterocycles. The van der Waals surface area contributed by atoms with Gasteiger partial charge < -0.3 is 9.47 Å². The van der Waals surface area contributed by atoms with Gasteiger partial charge in [-0.05, 0) is 26.7 Å². The van der Waals surface area contributed by atoms with Crippen LogP contribution in [0.15, 0.2) is 17.2 Å². The molecular weight excluding hydrogens is 266 g/mol. The van der Waals surface area contributed by atoms with Crippen LogP contribution < -0.4 is 10.5 Å². The highest BCUT2D eigenvalue weighted by atomic mass is 16.1. The molecule has 0 unspecified atom stereocenters. The Morgan fingerprint density at radius 1 is 1.29 bits per heavy atom. The number of aromatic nitrogens is 2. The first-order chi connectivity index (χ1) is 10.0. The van der Waals surface area contributed by atoms with Gasteiger partial charge >= 0.3 is 0 Å². The van der Waals surface area contributed by atoms with Crippen LogP contribution in [0.5, 0.6) is 0 Å². The summed E-state index contributed by atoms with van der Waals surface area (Å²) >= 11 is 0. The zero-order valence-corrected chi connectivity index (χ0v) is 12.6. The van der Waals surface area contributed by atoms with Crippen LogP contribution in [-0.2, 0) is 0 Å². The largest absolute Gasteiger partial charge is 0.349 e. The molecule has 0 atom stereocenters. The average molecular weight is 287 g/mol. The van der Waals surface area contributed by atoms with Crippen molar-refractivity contribution in [2.45, 2.75) is 38.3 Å². The molecule has 21 heavy (non-hydrogen) atoms. The van der Waals surface area contributed by atoms with Crippen molar-refractivity contribution < 1.29 is 0 Å². The minimum Gasteiger partial charge on any atom is -0.349 e. The van der Waals surface area contributed by atoms with Crippen molar-refractivity contribution in [1.29, 1.82) is 5.26 Å². The highest BCUT2D eigenvalue weighted by Gasteiger charge is 2.31. The molecule has 1 saturated carbocycles. The van der Waals surface area contributed by atoms with Gasteiger partial charge in [0.15, 0.2) is 5.82 Å². The van der Waals surface area contributed by atoms with Gasteiger partial charge in [0.2, 0.25) is 0 Å². The van der Waals surface area contributed by atoms with E-state index in [1.807, 2.05) is 23.3 Å². The van der Waals surface area contributed by atoms with E-state index in [4.69, 9.17) is 0 Å². The highest BCUT2D eigenvalue weighted by molar-refractivity contribution is 5.37. The van der Waals surface area contributed by atoms with Crippen LogP contribution in [0.25, 0.3) is 0 Å². The highest BCUT2D eigenvalue weighted by Crippen LogP contribution is 2.33. The predicted molar refractivity (Wildman–Crippen MR) is 80.2 cm³/mol. The molecule has 2 fully saturated rings. The molecule has 1 saturated heterocycles. The summed E-state index contributed by atoms with van der Waals surface area (Å²) in [5, 5.41) is 9.21. The molecule has 2 heterocycles. The molecule has 0 amide bonds. The normalized spacial score (nSPS) is 20.3. The van der Waals surface area contributed by atoms with Crippen molar-refractivity contribution in [3.05, 3.63) is 22.7 Å². The van der Waals surface area contributed by atoms with E-state index < -0.39 is 5.54 Å². The smallest absolute Gasteiger partial charge is 0.293 e. The third kappa shape index (κ3) is 2.66. The molecule has 2 aliphatic rings. The first kappa shape index (κ1) is 14.1. The number of nitrogens with zero attached hydrogens (tertiary/aromatic N) is 5. The van der Waals surface area contributed by atoms with Crippen LogP contribution in [0.3, 0.4) is 0 Å². The summed E-state index contributed by atoms with van der Waals surface area (Å²) in [5.74, 6) is 0.554. The first-order valence-electron chi connectivity index (χ1n) is 7.51. The van der Waals surface area contributed by atoms with E-state index in [1.54, 1.807) is 12.4 Å². The standard InChI is InChI=1S/C15H21N5O/c1-15(2,11-16)19-9-7-18(8-10-19)13-14(21)20(6-5-17-13)12-3-4-12/h5-6,12H,3-4,7-10H2,1-2H3. The Hall–Kier alpha value is -1.87. The molecule has 0 radical (unpaired) electrons. The summed E-state index contributed by atoms with van der Waals surface area (Å²) in [7, 11) is 0. The molecule has 0 spiro atoms.